The Bertz CT molecular complexity index is 746. The molecule has 0 aliphatic carbocycles. The van der Waals surface area contributed by atoms with Gasteiger partial charge in [-0.3, -0.25) is 0 Å². The van der Waals surface area contributed by atoms with E-state index < -0.39 is 0 Å². The van der Waals surface area contributed by atoms with Gasteiger partial charge in [0.25, 0.3) is 0 Å². The molecule has 4 rings (SSSR count). The van der Waals surface area contributed by atoms with Gasteiger partial charge in [-0.15, -0.1) is 0 Å². The average Bonchev–Trinajstić information content (AvgIpc) is 2.61. The van der Waals surface area contributed by atoms with Crippen molar-refractivity contribution in [3.8, 4) is 0 Å². The summed E-state index contributed by atoms with van der Waals surface area (Å²) in [4.78, 5) is 0. The van der Waals surface area contributed by atoms with E-state index in [9.17, 15) is 4.39 Å². The Hall–Kier alpha value is -1.91. The fraction of sp³-hybridized carbons (Fsp3) is 0.400. The van der Waals surface area contributed by atoms with Gasteiger partial charge in [-0.25, -0.2) is 4.39 Å². The molecule has 0 spiro atoms. The van der Waals surface area contributed by atoms with E-state index in [-0.39, 0.29) is 24.1 Å². The number of ether oxygens (including phenoxy) is 2. The third-order valence-electron chi connectivity index (χ3n) is 4.92. The summed E-state index contributed by atoms with van der Waals surface area (Å²) in [6, 6.07) is 13.0. The molecule has 126 valence electrons. The second-order valence-corrected chi connectivity index (χ2v) is 6.77. The minimum absolute atomic E-state index is 0.168. The Labute approximate surface area is 141 Å². The molecule has 2 aromatic rings. The molecule has 24 heavy (non-hydrogen) atoms. The minimum atomic E-state index is -0.256. The van der Waals surface area contributed by atoms with Gasteiger partial charge in [-0.1, -0.05) is 44.2 Å². The van der Waals surface area contributed by atoms with Crippen molar-refractivity contribution in [3.63, 3.8) is 0 Å². The lowest BCUT2D eigenvalue weighted by molar-refractivity contribution is -0.151. The smallest absolute Gasteiger partial charge is 0.128 e. The molecule has 1 N–H and O–H groups in total. The Kier molecular flexibility index (Phi) is 4.02. The second kappa shape index (κ2) is 6.19. The number of nitrogens with one attached hydrogen (secondary N) is 1. The number of hydrogen-bond donors (Lipinski definition) is 1. The zero-order valence-corrected chi connectivity index (χ0v) is 14.0. The van der Waals surface area contributed by atoms with E-state index in [4.69, 9.17) is 9.47 Å². The van der Waals surface area contributed by atoms with Gasteiger partial charge in [-0.05, 0) is 23.6 Å². The molecule has 0 bridgehead atoms. The van der Waals surface area contributed by atoms with Gasteiger partial charge in [0.1, 0.15) is 18.0 Å². The molecule has 1 fully saturated rings. The van der Waals surface area contributed by atoms with Crippen molar-refractivity contribution in [2.45, 2.75) is 38.0 Å². The van der Waals surface area contributed by atoms with Crippen LogP contribution in [0.25, 0.3) is 0 Å². The fourth-order valence-electron chi connectivity index (χ4n) is 3.62. The Balaban J connectivity index is 1.79. The van der Waals surface area contributed by atoms with Gasteiger partial charge >= 0.3 is 0 Å². The van der Waals surface area contributed by atoms with Crippen LogP contribution in [0.1, 0.15) is 48.6 Å². The van der Waals surface area contributed by atoms with Gasteiger partial charge in [0, 0.05) is 16.8 Å². The molecule has 0 radical (unpaired) electrons. The molecule has 2 heterocycles. The summed E-state index contributed by atoms with van der Waals surface area (Å²) in [5.74, 6) is 0.229. The molecule has 2 aliphatic heterocycles. The van der Waals surface area contributed by atoms with Crippen LogP contribution in [-0.4, -0.2) is 19.3 Å². The first-order chi connectivity index (χ1) is 11.6. The number of anilines is 1. The predicted molar refractivity (Wildman–Crippen MR) is 91.7 cm³/mol. The molecule has 3 nitrogen and oxygen atoms in total. The number of fused-ring (bicyclic) bond motifs is 3. The van der Waals surface area contributed by atoms with Crippen molar-refractivity contribution in [1.82, 2.24) is 0 Å². The third-order valence-corrected chi connectivity index (χ3v) is 4.92. The van der Waals surface area contributed by atoms with Gasteiger partial charge in [0.15, 0.2) is 0 Å². The zero-order valence-electron chi connectivity index (χ0n) is 14.0. The van der Waals surface area contributed by atoms with E-state index in [1.165, 1.54) is 11.6 Å². The van der Waals surface area contributed by atoms with E-state index in [1.54, 1.807) is 6.07 Å². The Morgan fingerprint density at radius 2 is 1.83 bits per heavy atom. The summed E-state index contributed by atoms with van der Waals surface area (Å²) in [6.07, 6.45) is -0.399. The van der Waals surface area contributed by atoms with Crippen LogP contribution >= 0.6 is 0 Å². The third kappa shape index (κ3) is 2.60. The van der Waals surface area contributed by atoms with E-state index in [0.29, 0.717) is 24.7 Å². The molecule has 1 saturated heterocycles. The quantitative estimate of drug-likeness (QED) is 0.876. The first-order valence-corrected chi connectivity index (χ1v) is 8.53. The van der Waals surface area contributed by atoms with E-state index in [2.05, 4.69) is 37.4 Å². The van der Waals surface area contributed by atoms with Crippen LogP contribution in [0.5, 0.6) is 0 Å². The van der Waals surface area contributed by atoms with Crippen molar-refractivity contribution >= 4 is 5.69 Å². The van der Waals surface area contributed by atoms with Crippen molar-refractivity contribution < 1.29 is 13.9 Å². The van der Waals surface area contributed by atoms with Gasteiger partial charge < -0.3 is 14.8 Å². The highest BCUT2D eigenvalue weighted by molar-refractivity contribution is 5.59. The minimum Gasteiger partial charge on any atom is -0.375 e. The monoisotopic (exact) mass is 327 g/mol. The maximum absolute atomic E-state index is 14.3. The summed E-state index contributed by atoms with van der Waals surface area (Å²) >= 11 is 0. The highest BCUT2D eigenvalue weighted by Gasteiger charge is 2.42. The lowest BCUT2D eigenvalue weighted by Gasteiger charge is -2.43. The predicted octanol–water partition coefficient (Wildman–Crippen LogP) is 4.57. The lowest BCUT2D eigenvalue weighted by Crippen LogP contribution is -2.43. The molecule has 0 saturated carbocycles. The molecule has 0 amide bonds. The van der Waals surface area contributed by atoms with Crippen LogP contribution in [0.3, 0.4) is 0 Å². The van der Waals surface area contributed by atoms with Crippen LogP contribution in [0, 0.1) is 5.82 Å². The maximum Gasteiger partial charge on any atom is 0.128 e. The van der Waals surface area contributed by atoms with E-state index in [0.717, 1.165) is 11.3 Å². The maximum atomic E-state index is 14.3. The standard InChI is InChI=1S/C20H22FNO2/c1-12(2)13-7-8-17-15(11-13)19-20(24-10-9-23-19)18(22-17)14-5-3-4-6-16(14)21/h3-8,11-12,18-20,22H,9-10H2,1-2H3. The normalized spacial score (nSPS) is 25.8. The fourth-order valence-corrected chi connectivity index (χ4v) is 3.62. The molecule has 3 atom stereocenters. The van der Waals surface area contributed by atoms with Gasteiger partial charge in [0.2, 0.25) is 0 Å². The first-order valence-electron chi connectivity index (χ1n) is 8.53. The van der Waals surface area contributed by atoms with Gasteiger partial charge in [-0.2, -0.15) is 0 Å². The topological polar surface area (TPSA) is 30.5 Å². The molecule has 2 aromatic carbocycles. The number of benzene rings is 2. The lowest BCUT2D eigenvalue weighted by atomic mass is 9.85. The molecular formula is C20H22FNO2. The van der Waals surface area contributed by atoms with E-state index >= 15 is 0 Å². The van der Waals surface area contributed by atoms with Crippen molar-refractivity contribution in [1.29, 1.82) is 0 Å². The summed E-state index contributed by atoms with van der Waals surface area (Å²) in [5, 5.41) is 3.47. The highest BCUT2D eigenvalue weighted by atomic mass is 19.1. The van der Waals surface area contributed by atoms with Crippen molar-refractivity contribution in [2.24, 2.45) is 0 Å². The molecular weight excluding hydrogens is 305 g/mol. The van der Waals surface area contributed by atoms with Gasteiger partial charge in [0.05, 0.1) is 19.3 Å². The summed E-state index contributed by atoms with van der Waals surface area (Å²) in [5.41, 5.74) is 4.00. The largest absolute Gasteiger partial charge is 0.375 e. The average molecular weight is 327 g/mol. The van der Waals surface area contributed by atoms with Crippen LogP contribution in [-0.2, 0) is 9.47 Å². The summed E-state index contributed by atoms with van der Waals surface area (Å²) in [7, 11) is 0. The van der Waals surface area contributed by atoms with Crippen LogP contribution in [0.15, 0.2) is 42.5 Å². The van der Waals surface area contributed by atoms with E-state index in [1.807, 2.05) is 12.1 Å². The molecule has 0 aromatic heterocycles. The molecule has 3 unspecified atom stereocenters. The zero-order chi connectivity index (χ0) is 16.7. The van der Waals surface area contributed by atoms with Crippen LogP contribution < -0.4 is 5.32 Å². The van der Waals surface area contributed by atoms with Crippen LogP contribution in [0.2, 0.25) is 0 Å². The Morgan fingerprint density at radius 3 is 2.62 bits per heavy atom. The molecule has 2 aliphatic rings. The summed E-state index contributed by atoms with van der Waals surface area (Å²) < 4.78 is 26.4. The first kappa shape index (κ1) is 15.6. The number of rotatable bonds is 2. The second-order valence-electron chi connectivity index (χ2n) is 6.77. The SMILES string of the molecule is CC(C)c1ccc2c(c1)C1OCCOC1C(c1ccccc1F)N2. The van der Waals surface area contributed by atoms with Crippen molar-refractivity contribution in [2.75, 3.05) is 18.5 Å². The van der Waals surface area contributed by atoms with Crippen LogP contribution in [0.4, 0.5) is 10.1 Å². The highest BCUT2D eigenvalue weighted by Crippen LogP contribution is 2.45. The Morgan fingerprint density at radius 1 is 1.04 bits per heavy atom. The number of hydrogen-bond acceptors (Lipinski definition) is 3. The summed E-state index contributed by atoms with van der Waals surface area (Å²) in [6.45, 7) is 5.45. The van der Waals surface area contributed by atoms with Crippen molar-refractivity contribution in [3.05, 3.63) is 65.0 Å². The molecule has 4 heteroatoms. The number of halogens is 1.